The Balaban J connectivity index is 2.06. The highest BCUT2D eigenvalue weighted by molar-refractivity contribution is 7.13. The number of rotatable bonds is 4. The second-order valence-electron chi connectivity index (χ2n) is 4.42. The van der Waals surface area contributed by atoms with Crippen molar-refractivity contribution in [1.29, 1.82) is 0 Å². The van der Waals surface area contributed by atoms with E-state index in [4.69, 9.17) is 11.6 Å². The molecule has 0 spiro atoms. The molecule has 2 aromatic heterocycles. The highest BCUT2D eigenvalue weighted by Gasteiger charge is 2.11. The summed E-state index contributed by atoms with van der Waals surface area (Å²) >= 11 is 7.86. The monoisotopic (exact) mass is 303 g/mol. The van der Waals surface area contributed by atoms with E-state index in [1.54, 1.807) is 17.5 Å². The first kappa shape index (κ1) is 13.5. The molecule has 0 aliphatic rings. The van der Waals surface area contributed by atoms with E-state index >= 15 is 0 Å². The number of nitrogens with zero attached hydrogens (tertiary/aromatic N) is 2. The maximum Gasteiger partial charge on any atom is 0.125 e. The lowest BCUT2D eigenvalue weighted by molar-refractivity contribution is 0.715. The molecule has 0 unspecified atom stereocenters. The molecule has 0 saturated carbocycles. The van der Waals surface area contributed by atoms with Crippen LogP contribution in [0.5, 0.6) is 0 Å². The van der Waals surface area contributed by atoms with Gasteiger partial charge in [-0.1, -0.05) is 18.5 Å². The fraction of sp³-hybridized carbons (Fsp3) is 0.200. The van der Waals surface area contributed by atoms with Crippen LogP contribution in [-0.2, 0) is 6.54 Å². The van der Waals surface area contributed by atoms with Gasteiger partial charge < -0.3 is 5.32 Å². The quantitative estimate of drug-likeness (QED) is 0.788. The van der Waals surface area contributed by atoms with Gasteiger partial charge in [-0.05, 0) is 30.8 Å². The zero-order valence-electron chi connectivity index (χ0n) is 11.1. The first-order valence-electron chi connectivity index (χ1n) is 6.48. The number of hydrogen-bond acceptors (Lipinski definition) is 4. The van der Waals surface area contributed by atoms with Crippen molar-refractivity contribution in [2.24, 2.45) is 0 Å². The summed E-state index contributed by atoms with van der Waals surface area (Å²) in [7, 11) is 0. The first-order chi connectivity index (χ1) is 9.79. The summed E-state index contributed by atoms with van der Waals surface area (Å²) in [5.41, 5.74) is 3.01. The van der Waals surface area contributed by atoms with E-state index in [1.165, 1.54) is 0 Å². The molecule has 0 amide bonds. The lowest BCUT2D eigenvalue weighted by Crippen LogP contribution is -2.11. The molecule has 0 atom stereocenters. The second-order valence-corrected chi connectivity index (χ2v) is 5.68. The first-order valence-corrected chi connectivity index (χ1v) is 7.74. The summed E-state index contributed by atoms with van der Waals surface area (Å²) in [5.74, 6) is 0. The smallest absolute Gasteiger partial charge is 0.125 e. The van der Waals surface area contributed by atoms with Gasteiger partial charge >= 0.3 is 0 Å². The van der Waals surface area contributed by atoms with Crippen molar-refractivity contribution in [3.8, 4) is 10.6 Å². The zero-order valence-corrected chi connectivity index (χ0v) is 12.6. The molecule has 0 fully saturated rings. The Labute approximate surface area is 126 Å². The summed E-state index contributed by atoms with van der Waals surface area (Å²) in [4.78, 5) is 9.13. The van der Waals surface area contributed by atoms with Crippen molar-refractivity contribution in [1.82, 2.24) is 15.3 Å². The maximum absolute atomic E-state index is 6.22. The topological polar surface area (TPSA) is 37.8 Å². The lowest BCUT2D eigenvalue weighted by Gasteiger charge is -2.04. The molecular formula is C15H14ClN3S. The number of hydrogen-bond donors (Lipinski definition) is 1. The number of benzene rings is 1. The van der Waals surface area contributed by atoms with Crippen LogP contribution >= 0.6 is 22.9 Å². The number of nitrogens with one attached hydrogen (secondary N) is 1. The molecule has 0 aliphatic heterocycles. The van der Waals surface area contributed by atoms with Gasteiger partial charge in [0.1, 0.15) is 5.01 Å². The van der Waals surface area contributed by atoms with Crippen molar-refractivity contribution < 1.29 is 0 Å². The normalized spacial score (nSPS) is 11.1. The number of aromatic nitrogens is 2. The predicted octanol–water partition coefficient (Wildman–Crippen LogP) is 4.12. The van der Waals surface area contributed by atoms with Gasteiger partial charge in [0.2, 0.25) is 0 Å². The highest BCUT2D eigenvalue weighted by Crippen LogP contribution is 2.33. The average molecular weight is 304 g/mol. The number of fused-ring (bicyclic) bond motifs is 1. The predicted molar refractivity (Wildman–Crippen MR) is 85.2 cm³/mol. The van der Waals surface area contributed by atoms with Crippen LogP contribution < -0.4 is 5.32 Å². The van der Waals surface area contributed by atoms with Gasteiger partial charge in [0.25, 0.3) is 0 Å². The van der Waals surface area contributed by atoms with Gasteiger partial charge in [-0.25, -0.2) is 4.98 Å². The van der Waals surface area contributed by atoms with Crippen molar-refractivity contribution in [3.05, 3.63) is 46.6 Å². The Morgan fingerprint density at radius 3 is 3.05 bits per heavy atom. The van der Waals surface area contributed by atoms with Crippen LogP contribution in [0.4, 0.5) is 0 Å². The molecule has 1 N–H and O–H groups in total. The number of halogens is 1. The van der Waals surface area contributed by atoms with Crippen molar-refractivity contribution >= 4 is 33.8 Å². The number of pyridine rings is 1. The van der Waals surface area contributed by atoms with E-state index in [2.05, 4.69) is 27.6 Å². The number of thiazole rings is 1. The Kier molecular flexibility index (Phi) is 3.96. The Hall–Kier alpha value is -1.49. The van der Waals surface area contributed by atoms with E-state index in [0.717, 1.165) is 45.3 Å². The van der Waals surface area contributed by atoms with Crippen LogP contribution in [0.3, 0.4) is 0 Å². The zero-order chi connectivity index (χ0) is 13.9. The van der Waals surface area contributed by atoms with Gasteiger partial charge in [-0.15, -0.1) is 11.3 Å². The molecule has 20 heavy (non-hydrogen) atoms. The summed E-state index contributed by atoms with van der Waals surface area (Å²) < 4.78 is 0. The summed E-state index contributed by atoms with van der Waals surface area (Å²) in [6, 6.07) is 7.79. The van der Waals surface area contributed by atoms with Crippen LogP contribution in [0.2, 0.25) is 5.02 Å². The Bertz CT molecular complexity index is 739. The van der Waals surface area contributed by atoms with Gasteiger partial charge in [0.15, 0.2) is 0 Å². The Morgan fingerprint density at radius 2 is 2.20 bits per heavy atom. The molecule has 0 aliphatic carbocycles. The average Bonchev–Trinajstić information content (AvgIpc) is 2.94. The van der Waals surface area contributed by atoms with E-state index < -0.39 is 0 Å². The minimum Gasteiger partial charge on any atom is -0.311 e. The fourth-order valence-corrected chi connectivity index (χ4v) is 3.14. The fourth-order valence-electron chi connectivity index (χ4n) is 2.08. The van der Waals surface area contributed by atoms with Gasteiger partial charge in [0, 0.05) is 29.1 Å². The molecular weight excluding hydrogens is 290 g/mol. The minimum absolute atomic E-state index is 0.723. The summed E-state index contributed by atoms with van der Waals surface area (Å²) in [6.45, 7) is 3.83. The second kappa shape index (κ2) is 5.87. The standard InChI is InChI=1S/C15H14ClN3S/c1-2-17-8-10-9-20-15(19-10)12-5-6-13(16)11-4-3-7-18-14(11)12/h3-7,9,17H,2,8H2,1H3. The summed E-state index contributed by atoms with van der Waals surface area (Å²) in [6.07, 6.45) is 1.79. The SMILES string of the molecule is CCNCc1csc(-c2ccc(Cl)c3cccnc23)n1. The highest BCUT2D eigenvalue weighted by atomic mass is 35.5. The third kappa shape index (κ3) is 2.54. The van der Waals surface area contributed by atoms with E-state index in [9.17, 15) is 0 Å². The molecule has 3 nitrogen and oxygen atoms in total. The van der Waals surface area contributed by atoms with Gasteiger partial charge in [-0.2, -0.15) is 0 Å². The van der Waals surface area contributed by atoms with Crippen LogP contribution in [0.25, 0.3) is 21.5 Å². The minimum atomic E-state index is 0.723. The molecule has 1 aromatic carbocycles. The molecule has 0 radical (unpaired) electrons. The van der Waals surface area contributed by atoms with E-state index in [1.807, 2.05) is 24.3 Å². The van der Waals surface area contributed by atoms with Crippen molar-refractivity contribution in [3.63, 3.8) is 0 Å². The summed E-state index contributed by atoms with van der Waals surface area (Å²) in [5, 5.41) is 8.04. The lowest BCUT2D eigenvalue weighted by atomic mass is 10.1. The Morgan fingerprint density at radius 1 is 1.30 bits per heavy atom. The van der Waals surface area contributed by atoms with Crippen LogP contribution in [0.1, 0.15) is 12.6 Å². The van der Waals surface area contributed by atoms with Crippen LogP contribution in [0, 0.1) is 0 Å². The molecule has 102 valence electrons. The molecule has 5 heteroatoms. The van der Waals surface area contributed by atoms with E-state index in [0.29, 0.717) is 0 Å². The molecule has 2 heterocycles. The van der Waals surface area contributed by atoms with Gasteiger partial charge in [-0.3, -0.25) is 4.98 Å². The molecule has 0 bridgehead atoms. The van der Waals surface area contributed by atoms with Crippen molar-refractivity contribution in [2.75, 3.05) is 6.54 Å². The van der Waals surface area contributed by atoms with Crippen LogP contribution in [-0.4, -0.2) is 16.5 Å². The third-order valence-corrected chi connectivity index (χ3v) is 4.31. The molecule has 3 rings (SSSR count). The van der Waals surface area contributed by atoms with E-state index in [-0.39, 0.29) is 0 Å². The van der Waals surface area contributed by atoms with Crippen molar-refractivity contribution in [2.45, 2.75) is 13.5 Å². The molecule has 0 saturated heterocycles. The largest absolute Gasteiger partial charge is 0.311 e. The maximum atomic E-state index is 6.22. The third-order valence-electron chi connectivity index (χ3n) is 3.05. The van der Waals surface area contributed by atoms with Gasteiger partial charge in [0.05, 0.1) is 16.2 Å². The van der Waals surface area contributed by atoms with Crippen LogP contribution in [0.15, 0.2) is 35.8 Å². The molecule has 3 aromatic rings.